The highest BCUT2D eigenvalue weighted by Gasteiger charge is 2.35. The summed E-state index contributed by atoms with van der Waals surface area (Å²) in [5.74, 6) is 0.447. The largest absolute Gasteiger partial charge is 0.386 e. The molecule has 0 saturated heterocycles. The molecule has 3 aromatic rings. The monoisotopic (exact) mass is 507 g/mol. The van der Waals surface area contributed by atoms with Gasteiger partial charge in [0.25, 0.3) is 5.56 Å². The molecule has 2 saturated carbocycles. The molecule has 1 amide bonds. The number of aromatic nitrogens is 4. The summed E-state index contributed by atoms with van der Waals surface area (Å²) < 4.78 is 15.2. The molecule has 11 nitrogen and oxygen atoms in total. The predicted molar refractivity (Wildman–Crippen MR) is 140 cm³/mol. The fourth-order valence-electron chi connectivity index (χ4n) is 5.59. The number of hydrogen-bond acceptors (Lipinski definition) is 8. The summed E-state index contributed by atoms with van der Waals surface area (Å²) in [6, 6.07) is 3.33. The van der Waals surface area contributed by atoms with Gasteiger partial charge in [0.1, 0.15) is 23.3 Å². The van der Waals surface area contributed by atoms with Crippen LogP contribution in [0.5, 0.6) is 0 Å². The third-order valence-electron chi connectivity index (χ3n) is 8.24. The van der Waals surface area contributed by atoms with Crippen molar-refractivity contribution < 1.29 is 14.3 Å². The molecule has 3 aromatic heterocycles. The normalized spacial score (nSPS) is 27.5. The van der Waals surface area contributed by atoms with E-state index in [-0.39, 0.29) is 35.4 Å². The quantitative estimate of drug-likeness (QED) is 0.492. The molecule has 11 heteroatoms. The van der Waals surface area contributed by atoms with E-state index in [2.05, 4.69) is 32.8 Å². The molecular weight excluding hydrogens is 474 g/mol. The smallest absolute Gasteiger partial charge is 0.328 e. The molecule has 3 aliphatic rings. The van der Waals surface area contributed by atoms with Crippen LogP contribution in [0.3, 0.4) is 0 Å². The number of carbonyl (C=O) groups excluding carboxylic acids is 1. The molecule has 3 N–H and O–H groups in total. The molecular formula is C26H33N7O4. The highest BCUT2D eigenvalue weighted by Crippen LogP contribution is 2.37. The number of methoxy groups -OCH3 is 1. The van der Waals surface area contributed by atoms with Crippen LogP contribution in [-0.2, 0) is 16.1 Å². The number of hydrogen-bond donors (Lipinski definition) is 3. The minimum Gasteiger partial charge on any atom is -0.386 e. The van der Waals surface area contributed by atoms with Gasteiger partial charge in [0.15, 0.2) is 5.65 Å². The lowest BCUT2D eigenvalue weighted by Gasteiger charge is -2.37. The number of nitrogens with one attached hydrogen (secondary N) is 3. The Hall–Kier alpha value is -3.44. The Morgan fingerprint density at radius 1 is 1.19 bits per heavy atom. The van der Waals surface area contributed by atoms with E-state index in [0.717, 1.165) is 44.1 Å². The first kappa shape index (κ1) is 23.9. The first-order chi connectivity index (χ1) is 17.9. The van der Waals surface area contributed by atoms with Crippen LogP contribution in [0.15, 0.2) is 29.5 Å². The molecule has 2 atom stereocenters. The average molecular weight is 508 g/mol. The number of amides is 1. The molecule has 4 heterocycles. The van der Waals surface area contributed by atoms with Crippen molar-refractivity contribution in [1.29, 1.82) is 0 Å². The molecule has 0 unspecified atom stereocenters. The van der Waals surface area contributed by atoms with E-state index in [4.69, 9.17) is 9.47 Å². The lowest BCUT2D eigenvalue weighted by Crippen LogP contribution is -2.52. The first-order valence-electron chi connectivity index (χ1n) is 12.9. The number of imidazole rings is 1. The molecule has 0 spiro atoms. The van der Waals surface area contributed by atoms with Crippen molar-refractivity contribution >= 4 is 34.4 Å². The van der Waals surface area contributed by atoms with Crippen LogP contribution in [0.25, 0.3) is 11.2 Å². The Balaban J connectivity index is 1.44. The molecule has 0 aromatic carbocycles. The van der Waals surface area contributed by atoms with Gasteiger partial charge < -0.3 is 30.0 Å². The van der Waals surface area contributed by atoms with Crippen LogP contribution in [0, 0.1) is 0 Å². The molecule has 37 heavy (non-hydrogen) atoms. The van der Waals surface area contributed by atoms with Crippen molar-refractivity contribution in [2.75, 3.05) is 24.8 Å². The Morgan fingerprint density at radius 2 is 2.00 bits per heavy atom. The summed E-state index contributed by atoms with van der Waals surface area (Å²) in [4.78, 5) is 35.9. The van der Waals surface area contributed by atoms with Crippen LogP contribution in [0.2, 0.25) is 0 Å². The summed E-state index contributed by atoms with van der Waals surface area (Å²) >= 11 is 0. The number of pyridine rings is 2. The Bertz CT molecular complexity index is 1410. The third-order valence-corrected chi connectivity index (χ3v) is 8.24. The lowest BCUT2D eigenvalue weighted by molar-refractivity contribution is -0.0344. The summed E-state index contributed by atoms with van der Waals surface area (Å²) in [6.45, 7) is 2.48. The average Bonchev–Trinajstić information content (AvgIpc) is 3.32. The molecule has 196 valence electrons. The summed E-state index contributed by atoms with van der Waals surface area (Å²) in [7, 11) is 3.55. The lowest BCUT2D eigenvalue weighted by atomic mass is 9.83. The number of carbonyl (C=O) groups is 1. The number of anilines is 3. The second-order valence-electron chi connectivity index (χ2n) is 10.6. The predicted octanol–water partition coefficient (Wildman–Crippen LogP) is 3.52. The number of ether oxygens (including phenoxy) is 2. The van der Waals surface area contributed by atoms with Gasteiger partial charge in [-0.2, -0.15) is 0 Å². The number of nitrogens with zero attached hydrogens (tertiary/aromatic N) is 4. The van der Waals surface area contributed by atoms with Gasteiger partial charge in [-0.05, 0) is 57.1 Å². The van der Waals surface area contributed by atoms with Crippen molar-refractivity contribution in [3.05, 3.63) is 40.6 Å². The second-order valence-corrected chi connectivity index (χ2v) is 10.6. The van der Waals surface area contributed by atoms with Crippen molar-refractivity contribution in [3.8, 4) is 0 Å². The topological polar surface area (TPSA) is 124 Å². The molecule has 0 radical (unpaired) electrons. The van der Waals surface area contributed by atoms with E-state index < -0.39 is 0 Å². The van der Waals surface area contributed by atoms with E-state index in [1.165, 1.54) is 10.9 Å². The molecule has 4 bridgehead atoms. The summed E-state index contributed by atoms with van der Waals surface area (Å²) in [5, 5.41) is 9.43. The van der Waals surface area contributed by atoms with E-state index >= 15 is 0 Å². The minimum absolute atomic E-state index is 0.0792. The number of fused-ring (bicyclic) bond motifs is 4. The third kappa shape index (κ3) is 4.25. The molecule has 1 aliphatic heterocycles. The van der Waals surface area contributed by atoms with Gasteiger partial charge in [-0.25, -0.2) is 19.3 Å². The van der Waals surface area contributed by atoms with Gasteiger partial charge in [-0.3, -0.25) is 4.79 Å². The van der Waals surface area contributed by atoms with Crippen LogP contribution >= 0.6 is 0 Å². The van der Waals surface area contributed by atoms with E-state index in [0.29, 0.717) is 35.0 Å². The highest BCUT2D eigenvalue weighted by molar-refractivity contribution is 5.94. The van der Waals surface area contributed by atoms with E-state index in [9.17, 15) is 9.59 Å². The Labute approximate surface area is 214 Å². The van der Waals surface area contributed by atoms with E-state index in [1.807, 2.05) is 16.8 Å². The maximum Gasteiger partial charge on any atom is 0.328 e. The van der Waals surface area contributed by atoms with Gasteiger partial charge in [0.05, 0.1) is 30.0 Å². The van der Waals surface area contributed by atoms with Crippen LogP contribution in [0.1, 0.15) is 57.1 Å². The second kappa shape index (κ2) is 9.14. The summed E-state index contributed by atoms with van der Waals surface area (Å²) in [6.07, 6.45) is 8.52. The highest BCUT2D eigenvalue weighted by atomic mass is 16.5. The van der Waals surface area contributed by atoms with Crippen molar-refractivity contribution in [1.82, 2.24) is 24.4 Å². The Kier molecular flexibility index (Phi) is 5.91. The van der Waals surface area contributed by atoms with Gasteiger partial charge >= 0.3 is 6.03 Å². The van der Waals surface area contributed by atoms with E-state index in [1.54, 1.807) is 20.2 Å². The van der Waals surface area contributed by atoms with Gasteiger partial charge in [0, 0.05) is 32.5 Å². The SMILES string of the molecule is CNc1cc2nc3c1ncn3C(=O)N[C@@H]1CC[C@H]1OCc1cc(c(=O)n(C3CCC(C)(OC)CC3)c1)N2. The number of rotatable bonds is 3. The first-order valence-corrected chi connectivity index (χ1v) is 12.9. The summed E-state index contributed by atoms with van der Waals surface area (Å²) in [5.41, 5.74) is 2.75. The molecule has 6 rings (SSSR count). The fraction of sp³-hybridized carbons (Fsp3) is 0.538. The maximum atomic E-state index is 13.7. The standard InChI is InChI=1S/C26H33N7O4/c1-26(36-3)8-6-16(7-9-26)32-12-15-10-19(24(32)34)29-21-11-18(27-2)22-23(31-21)33(14-28-22)25(35)30-17-4-5-20(17)37-13-15/h10-12,14,16-17,20H,4-9,13H2,1-3H3,(H,30,35)(H2,27,29,31)/t16?,17-,20-,26?/m1/s1. The minimum atomic E-state index is -0.300. The van der Waals surface area contributed by atoms with Crippen molar-refractivity contribution in [2.24, 2.45) is 0 Å². The zero-order chi connectivity index (χ0) is 25.7. The van der Waals surface area contributed by atoms with Gasteiger partial charge in [0.2, 0.25) is 0 Å². The maximum absolute atomic E-state index is 13.7. The fourth-order valence-corrected chi connectivity index (χ4v) is 5.59. The van der Waals surface area contributed by atoms with Crippen molar-refractivity contribution in [2.45, 2.75) is 75.8 Å². The molecule has 2 fully saturated rings. The van der Waals surface area contributed by atoms with Crippen LogP contribution < -0.4 is 21.5 Å². The van der Waals surface area contributed by atoms with Gasteiger partial charge in [-0.15, -0.1) is 0 Å². The zero-order valence-corrected chi connectivity index (χ0v) is 21.4. The van der Waals surface area contributed by atoms with Crippen LogP contribution in [-0.4, -0.2) is 57.0 Å². The van der Waals surface area contributed by atoms with Crippen LogP contribution in [0.4, 0.5) is 22.0 Å². The van der Waals surface area contributed by atoms with Gasteiger partial charge in [-0.1, -0.05) is 0 Å². The van der Waals surface area contributed by atoms with Crippen molar-refractivity contribution in [3.63, 3.8) is 0 Å². The zero-order valence-electron chi connectivity index (χ0n) is 21.4. The Morgan fingerprint density at radius 3 is 2.70 bits per heavy atom. The molecule has 2 aliphatic carbocycles.